The Balaban J connectivity index is 2.18. The van der Waals surface area contributed by atoms with Gasteiger partial charge in [0, 0.05) is 6.20 Å². The maximum atomic E-state index is 12.1. The number of hydrogen-bond donors (Lipinski definition) is 2. The average molecular weight is 291 g/mol. The van der Waals surface area contributed by atoms with Gasteiger partial charge in [-0.05, 0) is 33.8 Å². The van der Waals surface area contributed by atoms with Crippen LogP contribution in [0.5, 0.6) is 0 Å². The van der Waals surface area contributed by atoms with Crippen molar-refractivity contribution in [1.82, 2.24) is 9.78 Å². The molecule has 7 nitrogen and oxygen atoms in total. The van der Waals surface area contributed by atoms with E-state index in [2.05, 4.69) is 10.4 Å². The van der Waals surface area contributed by atoms with Crippen molar-refractivity contribution in [3.8, 4) is 0 Å². The molecule has 112 valence electrons. The highest BCUT2D eigenvalue weighted by molar-refractivity contribution is 6.04. The van der Waals surface area contributed by atoms with E-state index in [9.17, 15) is 9.59 Å². The minimum Gasteiger partial charge on any atom is -0.479 e. The molecular weight excluding hydrogens is 274 g/mol. The highest BCUT2D eigenvalue weighted by atomic mass is 16.4. The summed E-state index contributed by atoms with van der Waals surface area (Å²) >= 11 is 0. The fourth-order valence-corrected chi connectivity index (χ4v) is 1.85. The van der Waals surface area contributed by atoms with Gasteiger partial charge in [0.25, 0.3) is 5.91 Å². The van der Waals surface area contributed by atoms with Crippen molar-refractivity contribution >= 4 is 17.6 Å². The summed E-state index contributed by atoms with van der Waals surface area (Å²) in [7, 11) is 0. The van der Waals surface area contributed by atoms with E-state index in [1.165, 1.54) is 30.9 Å². The molecule has 0 saturated carbocycles. The molecule has 2 aromatic heterocycles. The van der Waals surface area contributed by atoms with Gasteiger partial charge in [0.15, 0.2) is 5.54 Å². The number of rotatable bonds is 4. The van der Waals surface area contributed by atoms with Gasteiger partial charge < -0.3 is 14.8 Å². The molecular formula is C14H17N3O4. The summed E-state index contributed by atoms with van der Waals surface area (Å²) in [4.78, 5) is 23.3. The smallest absolute Gasteiger partial charge is 0.331 e. The predicted octanol–water partition coefficient (Wildman–Crippen LogP) is 2.16. The molecule has 0 aromatic carbocycles. The molecule has 0 aliphatic carbocycles. The lowest BCUT2D eigenvalue weighted by molar-refractivity contribution is -0.146. The summed E-state index contributed by atoms with van der Waals surface area (Å²) in [6.07, 6.45) is 2.89. The molecule has 0 spiro atoms. The van der Waals surface area contributed by atoms with Crippen LogP contribution in [-0.4, -0.2) is 26.8 Å². The maximum Gasteiger partial charge on any atom is 0.331 e. The van der Waals surface area contributed by atoms with E-state index in [0.717, 1.165) is 0 Å². The highest BCUT2D eigenvalue weighted by Gasteiger charge is 2.30. The molecule has 0 fully saturated rings. The van der Waals surface area contributed by atoms with E-state index in [1.807, 2.05) is 0 Å². The molecule has 0 saturated heterocycles. The summed E-state index contributed by atoms with van der Waals surface area (Å²) in [5.41, 5.74) is -0.323. The van der Waals surface area contributed by atoms with Gasteiger partial charge in [0.2, 0.25) is 0 Å². The van der Waals surface area contributed by atoms with Crippen LogP contribution in [0.1, 0.15) is 35.7 Å². The topological polar surface area (TPSA) is 97.4 Å². The highest BCUT2D eigenvalue weighted by Crippen LogP contribution is 2.19. The number of carboxylic acids is 1. The van der Waals surface area contributed by atoms with Crippen LogP contribution >= 0.6 is 0 Å². The van der Waals surface area contributed by atoms with Crippen molar-refractivity contribution in [2.45, 2.75) is 33.2 Å². The Labute approximate surface area is 121 Å². The molecule has 2 N–H and O–H groups in total. The number of aryl methyl sites for hydroxylation is 2. The zero-order valence-corrected chi connectivity index (χ0v) is 12.3. The van der Waals surface area contributed by atoms with E-state index < -0.39 is 11.5 Å². The summed E-state index contributed by atoms with van der Waals surface area (Å²) in [6, 6.07) is 1.65. The fourth-order valence-electron chi connectivity index (χ4n) is 1.85. The maximum absolute atomic E-state index is 12.1. The molecule has 2 rings (SSSR count). The van der Waals surface area contributed by atoms with E-state index in [4.69, 9.17) is 9.52 Å². The largest absolute Gasteiger partial charge is 0.479 e. The number of anilines is 1. The number of hydrogen-bond acceptors (Lipinski definition) is 4. The number of amides is 1. The van der Waals surface area contributed by atoms with Crippen molar-refractivity contribution in [1.29, 1.82) is 0 Å². The third kappa shape index (κ3) is 2.81. The minimum absolute atomic E-state index is 0.322. The molecule has 0 unspecified atom stereocenters. The molecule has 7 heteroatoms. The van der Waals surface area contributed by atoms with Crippen molar-refractivity contribution < 1.29 is 19.1 Å². The van der Waals surface area contributed by atoms with E-state index in [-0.39, 0.29) is 5.91 Å². The first-order chi connectivity index (χ1) is 9.71. The van der Waals surface area contributed by atoms with E-state index >= 15 is 0 Å². The second kappa shape index (κ2) is 5.08. The monoisotopic (exact) mass is 291 g/mol. The minimum atomic E-state index is -1.19. The number of furan rings is 1. The first-order valence-corrected chi connectivity index (χ1v) is 6.38. The lowest BCUT2D eigenvalue weighted by Gasteiger charge is -2.19. The Morgan fingerprint density at radius 1 is 1.38 bits per heavy atom. The van der Waals surface area contributed by atoms with Gasteiger partial charge in [-0.15, -0.1) is 0 Å². The summed E-state index contributed by atoms with van der Waals surface area (Å²) < 4.78 is 6.59. The number of nitrogens with zero attached hydrogens (tertiary/aromatic N) is 2. The summed E-state index contributed by atoms with van der Waals surface area (Å²) in [6.45, 7) is 6.52. The Morgan fingerprint density at radius 3 is 2.57 bits per heavy atom. The number of carboxylic acid groups (broad SMARTS) is 1. The molecule has 0 atom stereocenters. The molecule has 0 aliphatic rings. The van der Waals surface area contributed by atoms with Gasteiger partial charge in [-0.25, -0.2) is 4.79 Å². The van der Waals surface area contributed by atoms with Crippen LogP contribution in [0.4, 0.5) is 5.69 Å². The second-order valence-corrected chi connectivity index (χ2v) is 5.32. The number of carbonyl (C=O) groups is 2. The summed E-state index contributed by atoms with van der Waals surface area (Å²) in [5.74, 6) is -0.148. The first kappa shape index (κ1) is 14.8. The standard InChI is InChI=1S/C14H17N3O4/c1-8-5-11(9(2)21-8)12(18)16-10-6-15-17(7-10)14(3,4)13(19)20/h5-7H,1-4H3,(H,16,18)(H,19,20). The molecule has 2 heterocycles. The van der Waals surface area contributed by atoms with Gasteiger partial charge in [0.1, 0.15) is 11.5 Å². The van der Waals surface area contributed by atoms with Gasteiger partial charge in [-0.1, -0.05) is 0 Å². The van der Waals surface area contributed by atoms with E-state index in [1.54, 1.807) is 19.9 Å². The van der Waals surface area contributed by atoms with Crippen LogP contribution in [0.2, 0.25) is 0 Å². The lowest BCUT2D eigenvalue weighted by atomic mass is 10.1. The predicted molar refractivity (Wildman–Crippen MR) is 75.3 cm³/mol. The number of aliphatic carboxylic acids is 1. The fraction of sp³-hybridized carbons (Fsp3) is 0.357. The Hall–Kier alpha value is -2.57. The zero-order valence-electron chi connectivity index (χ0n) is 12.3. The van der Waals surface area contributed by atoms with Gasteiger partial charge >= 0.3 is 5.97 Å². The van der Waals surface area contributed by atoms with Crippen LogP contribution < -0.4 is 5.32 Å². The van der Waals surface area contributed by atoms with Crippen molar-refractivity contribution in [2.75, 3.05) is 5.32 Å². The van der Waals surface area contributed by atoms with Crippen molar-refractivity contribution in [3.05, 3.63) is 35.5 Å². The van der Waals surface area contributed by atoms with E-state index in [0.29, 0.717) is 22.8 Å². The Bertz CT molecular complexity index is 697. The number of nitrogens with one attached hydrogen (secondary N) is 1. The second-order valence-electron chi connectivity index (χ2n) is 5.32. The number of carbonyl (C=O) groups excluding carboxylic acids is 1. The molecule has 0 radical (unpaired) electrons. The van der Waals surface area contributed by atoms with Gasteiger partial charge in [-0.3, -0.25) is 9.48 Å². The molecule has 21 heavy (non-hydrogen) atoms. The van der Waals surface area contributed by atoms with Crippen LogP contribution in [0.15, 0.2) is 22.9 Å². The van der Waals surface area contributed by atoms with Crippen molar-refractivity contribution in [2.24, 2.45) is 0 Å². The van der Waals surface area contributed by atoms with Crippen molar-refractivity contribution in [3.63, 3.8) is 0 Å². The SMILES string of the molecule is Cc1cc(C(=O)Nc2cnn(C(C)(C)C(=O)O)c2)c(C)o1. The number of aromatic nitrogens is 2. The lowest BCUT2D eigenvalue weighted by Crippen LogP contribution is -2.35. The average Bonchev–Trinajstić information content (AvgIpc) is 2.96. The van der Waals surface area contributed by atoms with Crippen LogP contribution in [-0.2, 0) is 10.3 Å². The molecule has 2 aromatic rings. The summed E-state index contributed by atoms with van der Waals surface area (Å²) in [5, 5.41) is 15.8. The van der Waals surface area contributed by atoms with Crippen LogP contribution in [0, 0.1) is 13.8 Å². The quantitative estimate of drug-likeness (QED) is 0.899. The van der Waals surface area contributed by atoms with Crippen LogP contribution in [0.3, 0.4) is 0 Å². The normalized spacial score (nSPS) is 11.4. The van der Waals surface area contributed by atoms with Crippen LogP contribution in [0.25, 0.3) is 0 Å². The van der Waals surface area contributed by atoms with Gasteiger partial charge in [-0.2, -0.15) is 5.10 Å². The Morgan fingerprint density at radius 2 is 2.05 bits per heavy atom. The molecule has 0 aliphatic heterocycles. The third-order valence-electron chi connectivity index (χ3n) is 3.22. The molecule has 0 bridgehead atoms. The molecule has 1 amide bonds. The third-order valence-corrected chi connectivity index (χ3v) is 3.22. The first-order valence-electron chi connectivity index (χ1n) is 6.38. The Kier molecular flexibility index (Phi) is 3.59. The zero-order chi connectivity index (χ0) is 15.8. The van der Waals surface area contributed by atoms with Gasteiger partial charge in [0.05, 0.1) is 17.4 Å².